The van der Waals surface area contributed by atoms with Crippen molar-refractivity contribution in [2.75, 3.05) is 7.11 Å². The van der Waals surface area contributed by atoms with E-state index in [4.69, 9.17) is 9.72 Å². The monoisotopic (exact) mass is 423 g/mol. The highest BCUT2D eigenvalue weighted by molar-refractivity contribution is 8.00. The molecule has 2 aromatic carbocycles. The predicted octanol–water partition coefficient (Wildman–Crippen LogP) is 3.93. The Kier molecular flexibility index (Phi) is 6.08. The average molecular weight is 424 g/mol. The zero-order chi connectivity index (χ0) is 21.1. The zero-order valence-corrected chi connectivity index (χ0v) is 17.9. The van der Waals surface area contributed by atoms with Crippen molar-refractivity contribution >= 4 is 28.6 Å². The molecule has 30 heavy (non-hydrogen) atoms. The van der Waals surface area contributed by atoms with E-state index < -0.39 is 0 Å². The number of hydrogen-bond acceptors (Lipinski definition) is 5. The summed E-state index contributed by atoms with van der Waals surface area (Å²) in [5, 5.41) is 3.80. The highest BCUT2D eigenvalue weighted by atomic mass is 32.2. The summed E-state index contributed by atoms with van der Waals surface area (Å²) in [4.78, 5) is 30.8. The van der Waals surface area contributed by atoms with Crippen molar-refractivity contribution in [2.24, 2.45) is 0 Å². The zero-order valence-electron chi connectivity index (χ0n) is 17.1. The van der Waals surface area contributed by atoms with Crippen LogP contribution in [0, 0.1) is 0 Å². The number of carbonyl (C=O) groups is 1. The van der Waals surface area contributed by atoms with Crippen LogP contribution in [-0.4, -0.2) is 33.9 Å². The van der Waals surface area contributed by atoms with Gasteiger partial charge in [0.15, 0.2) is 5.16 Å². The number of nitrogens with zero attached hydrogens (tertiary/aromatic N) is 2. The summed E-state index contributed by atoms with van der Waals surface area (Å²) in [5.74, 6) is 0.689. The highest BCUT2D eigenvalue weighted by Gasteiger charge is 2.23. The summed E-state index contributed by atoms with van der Waals surface area (Å²) in [6, 6.07) is 14.8. The Hall–Kier alpha value is -2.80. The van der Waals surface area contributed by atoms with Crippen LogP contribution in [0.4, 0.5) is 0 Å². The molecule has 1 amide bonds. The SMILES string of the molecule is COc1ccc(-n2c(S[C@H](C)C(=O)NC3CCCC3)nc3ccccc3c2=O)cc1. The van der Waals surface area contributed by atoms with Gasteiger partial charge in [0.2, 0.25) is 5.91 Å². The van der Waals surface area contributed by atoms with Crippen molar-refractivity contribution in [1.82, 2.24) is 14.9 Å². The van der Waals surface area contributed by atoms with E-state index in [1.807, 2.05) is 49.4 Å². The summed E-state index contributed by atoms with van der Waals surface area (Å²) in [7, 11) is 1.60. The van der Waals surface area contributed by atoms with Crippen LogP contribution in [0.1, 0.15) is 32.6 Å². The number of methoxy groups -OCH3 is 1. The Bertz CT molecular complexity index is 1100. The fourth-order valence-electron chi connectivity index (χ4n) is 3.75. The summed E-state index contributed by atoms with van der Waals surface area (Å²) in [6.45, 7) is 1.86. The second-order valence-corrected chi connectivity index (χ2v) is 8.81. The summed E-state index contributed by atoms with van der Waals surface area (Å²) in [5.41, 5.74) is 1.15. The van der Waals surface area contributed by atoms with E-state index in [0.717, 1.165) is 25.7 Å². The van der Waals surface area contributed by atoms with Gasteiger partial charge in [0.25, 0.3) is 5.56 Å². The number of hydrogen-bond donors (Lipinski definition) is 1. The van der Waals surface area contributed by atoms with Crippen molar-refractivity contribution in [3.63, 3.8) is 0 Å². The molecule has 1 heterocycles. The Morgan fingerprint density at radius 1 is 1.17 bits per heavy atom. The van der Waals surface area contributed by atoms with Crippen LogP contribution in [0.2, 0.25) is 0 Å². The number of ether oxygens (including phenoxy) is 1. The first-order valence-electron chi connectivity index (χ1n) is 10.2. The van der Waals surface area contributed by atoms with Gasteiger partial charge in [-0.3, -0.25) is 14.2 Å². The molecule has 0 saturated heterocycles. The van der Waals surface area contributed by atoms with Gasteiger partial charge in [0, 0.05) is 6.04 Å². The van der Waals surface area contributed by atoms with Crippen molar-refractivity contribution in [1.29, 1.82) is 0 Å². The van der Waals surface area contributed by atoms with Crippen molar-refractivity contribution < 1.29 is 9.53 Å². The molecule has 0 bridgehead atoms. The summed E-state index contributed by atoms with van der Waals surface area (Å²) >= 11 is 1.30. The maximum atomic E-state index is 13.3. The number of nitrogens with one attached hydrogen (secondary N) is 1. The van der Waals surface area contributed by atoms with E-state index >= 15 is 0 Å². The molecule has 1 aromatic heterocycles. The fourth-order valence-corrected chi connectivity index (χ4v) is 4.69. The van der Waals surface area contributed by atoms with E-state index in [2.05, 4.69) is 5.32 Å². The van der Waals surface area contributed by atoms with Gasteiger partial charge >= 0.3 is 0 Å². The number of aromatic nitrogens is 2. The minimum absolute atomic E-state index is 0.0180. The molecule has 6 nitrogen and oxygen atoms in total. The molecule has 3 aromatic rings. The maximum Gasteiger partial charge on any atom is 0.266 e. The van der Waals surface area contributed by atoms with Crippen LogP contribution < -0.4 is 15.6 Å². The molecule has 7 heteroatoms. The molecule has 1 fully saturated rings. The number of rotatable bonds is 6. The van der Waals surface area contributed by atoms with Crippen molar-refractivity contribution in [2.45, 2.75) is 49.1 Å². The molecule has 1 saturated carbocycles. The van der Waals surface area contributed by atoms with E-state index in [-0.39, 0.29) is 22.8 Å². The van der Waals surface area contributed by atoms with Gasteiger partial charge in [-0.25, -0.2) is 4.98 Å². The lowest BCUT2D eigenvalue weighted by Gasteiger charge is -2.18. The first-order chi connectivity index (χ1) is 14.6. The van der Waals surface area contributed by atoms with Crippen LogP contribution in [0.25, 0.3) is 16.6 Å². The van der Waals surface area contributed by atoms with Gasteiger partial charge in [-0.2, -0.15) is 0 Å². The second-order valence-electron chi connectivity index (χ2n) is 7.50. The molecule has 0 spiro atoms. The van der Waals surface area contributed by atoms with Crippen LogP contribution in [-0.2, 0) is 4.79 Å². The van der Waals surface area contributed by atoms with E-state index in [0.29, 0.717) is 27.5 Å². The Balaban J connectivity index is 1.71. The third-order valence-electron chi connectivity index (χ3n) is 5.43. The number of carbonyl (C=O) groups excluding carboxylic acids is 1. The number of amides is 1. The molecular weight excluding hydrogens is 398 g/mol. The average Bonchev–Trinajstić information content (AvgIpc) is 3.27. The maximum absolute atomic E-state index is 13.3. The number of benzene rings is 2. The molecule has 156 valence electrons. The number of thioether (sulfide) groups is 1. The first kappa shape index (κ1) is 20.5. The van der Waals surface area contributed by atoms with Crippen LogP contribution in [0.5, 0.6) is 5.75 Å². The Labute approximate surface area is 179 Å². The number of para-hydroxylation sites is 1. The van der Waals surface area contributed by atoms with E-state index in [1.54, 1.807) is 17.7 Å². The van der Waals surface area contributed by atoms with Gasteiger partial charge in [-0.1, -0.05) is 36.7 Å². The van der Waals surface area contributed by atoms with Gasteiger partial charge in [-0.05, 0) is 56.2 Å². The lowest BCUT2D eigenvalue weighted by Crippen LogP contribution is -2.38. The third kappa shape index (κ3) is 4.21. The molecule has 0 radical (unpaired) electrons. The van der Waals surface area contributed by atoms with Crippen LogP contribution in [0.15, 0.2) is 58.5 Å². The lowest BCUT2D eigenvalue weighted by atomic mass is 10.2. The quantitative estimate of drug-likeness (QED) is 0.480. The normalized spacial score (nSPS) is 15.3. The van der Waals surface area contributed by atoms with Gasteiger partial charge in [0.1, 0.15) is 5.75 Å². The lowest BCUT2D eigenvalue weighted by molar-refractivity contribution is -0.120. The molecule has 1 aliphatic rings. The molecular formula is C23H25N3O3S. The minimum atomic E-state index is -0.372. The van der Waals surface area contributed by atoms with Gasteiger partial charge < -0.3 is 10.1 Å². The molecule has 1 aliphatic carbocycles. The van der Waals surface area contributed by atoms with E-state index in [9.17, 15) is 9.59 Å². The summed E-state index contributed by atoms with van der Waals surface area (Å²) in [6.07, 6.45) is 4.40. The predicted molar refractivity (Wildman–Crippen MR) is 120 cm³/mol. The standard InChI is InChI=1S/C23H25N3O3S/c1-15(21(27)24-16-7-3-4-8-16)30-23-25-20-10-6-5-9-19(20)22(28)26(23)17-11-13-18(29-2)14-12-17/h5-6,9-16H,3-4,7-8H2,1-2H3,(H,24,27)/t15-/m1/s1. The van der Waals surface area contributed by atoms with Crippen LogP contribution >= 0.6 is 11.8 Å². The van der Waals surface area contributed by atoms with Crippen molar-refractivity contribution in [3.05, 3.63) is 58.9 Å². The minimum Gasteiger partial charge on any atom is -0.497 e. The molecule has 4 rings (SSSR count). The van der Waals surface area contributed by atoms with Crippen LogP contribution in [0.3, 0.4) is 0 Å². The Morgan fingerprint density at radius 2 is 1.87 bits per heavy atom. The van der Waals surface area contributed by atoms with Gasteiger partial charge in [0.05, 0.1) is 29.0 Å². The summed E-state index contributed by atoms with van der Waals surface area (Å²) < 4.78 is 6.81. The second kappa shape index (κ2) is 8.92. The fraction of sp³-hybridized carbons (Fsp3) is 0.348. The molecule has 1 N–H and O–H groups in total. The largest absolute Gasteiger partial charge is 0.497 e. The smallest absolute Gasteiger partial charge is 0.266 e. The Morgan fingerprint density at radius 3 is 2.57 bits per heavy atom. The molecule has 0 aliphatic heterocycles. The highest BCUT2D eigenvalue weighted by Crippen LogP contribution is 2.27. The number of fused-ring (bicyclic) bond motifs is 1. The van der Waals surface area contributed by atoms with Crippen molar-refractivity contribution in [3.8, 4) is 11.4 Å². The first-order valence-corrected chi connectivity index (χ1v) is 11.1. The molecule has 1 atom stereocenters. The van der Waals surface area contributed by atoms with Gasteiger partial charge in [-0.15, -0.1) is 0 Å². The van der Waals surface area contributed by atoms with E-state index in [1.165, 1.54) is 11.8 Å². The topological polar surface area (TPSA) is 73.2 Å². The molecule has 0 unspecified atom stereocenters. The third-order valence-corrected chi connectivity index (χ3v) is 6.48.